The van der Waals surface area contributed by atoms with E-state index < -0.39 is 16.8 Å². The van der Waals surface area contributed by atoms with E-state index in [0.717, 1.165) is 0 Å². The molecule has 1 N–H and O–H groups in total. The third-order valence-electron chi connectivity index (χ3n) is 3.44. The summed E-state index contributed by atoms with van der Waals surface area (Å²) in [5.41, 5.74) is 0.849. The van der Waals surface area contributed by atoms with Crippen LogP contribution in [0.4, 0.5) is 5.69 Å². The number of ether oxygens (including phenoxy) is 1. The van der Waals surface area contributed by atoms with Crippen molar-refractivity contribution in [3.8, 4) is 0 Å². The van der Waals surface area contributed by atoms with E-state index in [1.807, 2.05) is 0 Å². The number of nitrogens with one attached hydrogen (secondary N) is 1. The van der Waals surface area contributed by atoms with Crippen molar-refractivity contribution in [2.75, 3.05) is 7.11 Å². The van der Waals surface area contributed by atoms with Crippen LogP contribution in [0.5, 0.6) is 0 Å². The molecule has 1 atom stereocenters. The minimum Gasteiger partial charge on any atom is -0.466 e. The van der Waals surface area contributed by atoms with Crippen molar-refractivity contribution >= 4 is 29.2 Å². The third-order valence-corrected chi connectivity index (χ3v) is 3.76. The van der Waals surface area contributed by atoms with E-state index in [1.54, 1.807) is 13.0 Å². The van der Waals surface area contributed by atoms with Crippen LogP contribution in [0.3, 0.4) is 0 Å². The van der Waals surface area contributed by atoms with Crippen molar-refractivity contribution in [2.45, 2.75) is 19.3 Å². The normalized spacial score (nSPS) is 18.0. The molecule has 2 rings (SSSR count). The van der Waals surface area contributed by atoms with Gasteiger partial charge in [-0.05, 0) is 18.6 Å². The minimum atomic E-state index is -0.614. The summed E-state index contributed by atoms with van der Waals surface area (Å²) in [6, 6.07) is 4.22. The maximum atomic E-state index is 12.0. The van der Waals surface area contributed by atoms with Crippen LogP contribution >= 0.6 is 11.6 Å². The Kier molecular flexibility index (Phi) is 4.46. The highest BCUT2D eigenvalue weighted by Gasteiger charge is 2.33. The fourth-order valence-corrected chi connectivity index (χ4v) is 2.64. The molecule has 0 aliphatic carbocycles. The topological polar surface area (TPSA) is 98.5 Å². The summed E-state index contributed by atoms with van der Waals surface area (Å²) >= 11 is 5.79. The Bertz CT molecular complexity index is 698. The molecule has 0 spiro atoms. The van der Waals surface area contributed by atoms with Gasteiger partial charge in [0.05, 0.1) is 17.6 Å². The van der Waals surface area contributed by atoms with Crippen molar-refractivity contribution in [2.24, 2.45) is 0 Å². The first-order valence-electron chi connectivity index (χ1n) is 6.38. The highest BCUT2D eigenvalue weighted by Crippen LogP contribution is 2.36. The number of hydrogen-bond donors (Lipinski definition) is 1. The predicted octanol–water partition coefficient (Wildman–Crippen LogP) is 2.30. The van der Waals surface area contributed by atoms with E-state index in [4.69, 9.17) is 16.3 Å². The first kappa shape index (κ1) is 16.0. The van der Waals surface area contributed by atoms with Crippen molar-refractivity contribution < 1.29 is 19.2 Å². The summed E-state index contributed by atoms with van der Waals surface area (Å²) in [6.07, 6.45) is 0.000556. The maximum Gasteiger partial charge on any atom is 0.336 e. The standard InChI is InChI=1S/C14H13ClN2O5/c1-7-13(14(19)22-2)9(6-12(18)16-7)8-3-4-10(15)11(5-8)17(20)21/h3-5,9H,6H2,1-2H3,(H,16,18)/t9-/m1/s1. The average molecular weight is 325 g/mol. The molecular formula is C14H13ClN2O5. The van der Waals surface area contributed by atoms with Crippen molar-refractivity contribution in [3.05, 3.63) is 50.2 Å². The Labute approximate surface area is 131 Å². The predicted molar refractivity (Wildman–Crippen MR) is 78.3 cm³/mol. The van der Waals surface area contributed by atoms with Gasteiger partial charge in [-0.15, -0.1) is 0 Å². The lowest BCUT2D eigenvalue weighted by Gasteiger charge is -2.26. The first-order valence-corrected chi connectivity index (χ1v) is 6.75. The number of amides is 1. The van der Waals surface area contributed by atoms with Gasteiger partial charge in [0.2, 0.25) is 5.91 Å². The van der Waals surface area contributed by atoms with Crippen molar-refractivity contribution in [1.29, 1.82) is 0 Å². The monoisotopic (exact) mass is 324 g/mol. The zero-order valence-electron chi connectivity index (χ0n) is 11.9. The third kappa shape index (κ3) is 2.94. The van der Waals surface area contributed by atoms with Gasteiger partial charge in [-0.2, -0.15) is 0 Å². The molecule has 1 aromatic carbocycles. The van der Waals surface area contributed by atoms with Gasteiger partial charge in [0.1, 0.15) is 5.02 Å². The Morgan fingerprint density at radius 2 is 2.18 bits per heavy atom. The van der Waals surface area contributed by atoms with E-state index in [-0.39, 0.29) is 28.6 Å². The van der Waals surface area contributed by atoms with E-state index in [9.17, 15) is 19.7 Å². The summed E-state index contributed by atoms with van der Waals surface area (Å²) in [4.78, 5) is 34.1. The minimum absolute atomic E-state index is 0.000556. The highest BCUT2D eigenvalue weighted by atomic mass is 35.5. The van der Waals surface area contributed by atoms with Gasteiger partial charge >= 0.3 is 5.97 Å². The second-order valence-electron chi connectivity index (χ2n) is 4.80. The van der Waals surface area contributed by atoms with Crippen LogP contribution in [-0.2, 0) is 14.3 Å². The number of nitro groups is 1. The quantitative estimate of drug-likeness (QED) is 0.522. The van der Waals surface area contributed by atoms with Crippen LogP contribution in [0, 0.1) is 10.1 Å². The molecule has 1 amide bonds. The molecular weight excluding hydrogens is 312 g/mol. The van der Waals surface area contributed by atoms with Crippen LogP contribution in [-0.4, -0.2) is 23.9 Å². The zero-order chi connectivity index (χ0) is 16.4. The summed E-state index contributed by atoms with van der Waals surface area (Å²) in [7, 11) is 1.24. The number of carbonyl (C=O) groups is 2. The smallest absolute Gasteiger partial charge is 0.336 e. The Morgan fingerprint density at radius 1 is 1.50 bits per heavy atom. The number of esters is 1. The van der Waals surface area contributed by atoms with Crippen molar-refractivity contribution in [1.82, 2.24) is 5.32 Å². The molecule has 22 heavy (non-hydrogen) atoms. The van der Waals surface area contributed by atoms with Gasteiger partial charge in [0.15, 0.2) is 0 Å². The first-order chi connectivity index (χ1) is 10.3. The van der Waals surface area contributed by atoms with Crippen molar-refractivity contribution in [3.63, 3.8) is 0 Å². The van der Waals surface area contributed by atoms with Gasteiger partial charge in [0.25, 0.3) is 5.69 Å². The average Bonchev–Trinajstić information content (AvgIpc) is 2.46. The van der Waals surface area contributed by atoms with Crippen LogP contribution < -0.4 is 5.32 Å². The zero-order valence-corrected chi connectivity index (χ0v) is 12.6. The molecule has 1 aromatic rings. The summed E-state index contributed by atoms with van der Waals surface area (Å²) in [5, 5.41) is 13.6. The molecule has 0 aromatic heterocycles. The lowest BCUT2D eigenvalue weighted by atomic mass is 9.84. The summed E-state index contributed by atoms with van der Waals surface area (Å²) in [6.45, 7) is 1.58. The van der Waals surface area contributed by atoms with Crippen LogP contribution in [0.1, 0.15) is 24.8 Å². The summed E-state index contributed by atoms with van der Waals surface area (Å²) < 4.78 is 4.74. The highest BCUT2D eigenvalue weighted by molar-refractivity contribution is 6.32. The second-order valence-corrected chi connectivity index (χ2v) is 5.21. The SMILES string of the molecule is COC(=O)C1=C(C)NC(=O)C[C@@H]1c1ccc(Cl)c([N+](=O)[O-])c1. The van der Waals surface area contributed by atoms with E-state index in [1.165, 1.54) is 19.2 Å². The van der Waals surface area contributed by atoms with E-state index in [2.05, 4.69) is 5.32 Å². The number of nitro benzene ring substituents is 1. The van der Waals surface area contributed by atoms with Gasteiger partial charge in [-0.1, -0.05) is 17.7 Å². The molecule has 0 unspecified atom stereocenters. The molecule has 1 aliphatic rings. The number of rotatable bonds is 3. The molecule has 0 radical (unpaired) electrons. The number of benzene rings is 1. The van der Waals surface area contributed by atoms with Gasteiger partial charge in [0, 0.05) is 24.1 Å². The maximum absolute atomic E-state index is 12.0. The lowest BCUT2D eigenvalue weighted by molar-refractivity contribution is -0.384. The second kappa shape index (κ2) is 6.15. The lowest BCUT2D eigenvalue weighted by Crippen LogP contribution is -2.34. The van der Waals surface area contributed by atoms with E-state index in [0.29, 0.717) is 11.3 Å². The fourth-order valence-electron chi connectivity index (χ4n) is 2.45. The van der Waals surface area contributed by atoms with Crippen LogP contribution in [0.15, 0.2) is 29.5 Å². The Balaban J connectivity index is 2.55. The van der Waals surface area contributed by atoms with Crippen LogP contribution in [0.25, 0.3) is 0 Å². The molecule has 1 aliphatic heterocycles. The molecule has 0 fully saturated rings. The molecule has 8 heteroatoms. The number of halogens is 1. The molecule has 1 heterocycles. The number of carbonyl (C=O) groups excluding carboxylic acids is 2. The van der Waals surface area contributed by atoms with Crippen LogP contribution in [0.2, 0.25) is 5.02 Å². The molecule has 0 bridgehead atoms. The van der Waals surface area contributed by atoms with Gasteiger partial charge in [-0.25, -0.2) is 4.79 Å². The fraction of sp³-hybridized carbons (Fsp3) is 0.286. The summed E-state index contributed by atoms with van der Waals surface area (Å²) in [5.74, 6) is -1.47. The molecule has 0 saturated heterocycles. The van der Waals surface area contributed by atoms with E-state index >= 15 is 0 Å². The molecule has 0 saturated carbocycles. The number of methoxy groups -OCH3 is 1. The molecule has 116 valence electrons. The number of hydrogen-bond acceptors (Lipinski definition) is 5. The van der Waals surface area contributed by atoms with Gasteiger partial charge < -0.3 is 10.1 Å². The Hall–Kier alpha value is -2.41. The van der Waals surface area contributed by atoms with Gasteiger partial charge in [-0.3, -0.25) is 14.9 Å². The number of nitrogens with zero attached hydrogens (tertiary/aromatic N) is 1. The largest absolute Gasteiger partial charge is 0.466 e. The molecule has 7 nitrogen and oxygen atoms in total. The Morgan fingerprint density at radius 3 is 2.77 bits per heavy atom. The number of allylic oxidation sites excluding steroid dienone is 1.